The van der Waals surface area contributed by atoms with E-state index >= 15 is 0 Å². The van der Waals surface area contributed by atoms with Crippen molar-refractivity contribution >= 4 is 58.2 Å². The van der Waals surface area contributed by atoms with E-state index in [-0.39, 0.29) is 74.7 Å². The molecule has 0 rings (SSSR count). The second-order valence-corrected chi connectivity index (χ2v) is 0.326. The molecule has 0 bridgehead atoms. The van der Waals surface area contributed by atoms with Crippen LogP contribution in [0.5, 0.6) is 0 Å². The molecule has 0 heterocycles. The van der Waals surface area contributed by atoms with Gasteiger partial charge in [-0.05, 0) is 0 Å². The van der Waals surface area contributed by atoms with Crippen LogP contribution in [0.15, 0.2) is 0 Å². The van der Waals surface area contributed by atoms with Crippen LogP contribution >= 0.6 is 0 Å². The number of hydrogen-bond donors (Lipinski definition) is 0. The Hall–Kier alpha value is 2.31. The fraction of sp³-hybridized carbons (Fsp3) is 0. The van der Waals surface area contributed by atoms with Gasteiger partial charge in [-0.1, -0.05) is 0 Å². The van der Waals surface area contributed by atoms with Gasteiger partial charge in [-0.3, -0.25) is 0 Å². The number of rotatable bonds is 0. The summed E-state index contributed by atoms with van der Waals surface area (Å²) in [6, 6.07) is 0. The molecular formula is CHFeNNiRb. The van der Waals surface area contributed by atoms with Crippen LogP contribution in [0.3, 0.4) is 0 Å². The number of nitriles is 1. The van der Waals surface area contributed by atoms with Crippen molar-refractivity contribution in [3.63, 3.8) is 0 Å². The van der Waals surface area contributed by atoms with Gasteiger partial charge in [0.25, 0.3) is 0 Å². The average Bonchev–Trinajstić information content (AvgIpc) is 0.918. The fourth-order valence-corrected chi connectivity index (χ4v) is 0. The Bertz CT molecular complexity index is 33.1. The number of hydrogen-bond acceptors (Lipinski definition) is 1. The molecule has 0 amide bonds. The van der Waals surface area contributed by atoms with Gasteiger partial charge in [0.1, 0.15) is 0 Å². The molecule has 0 saturated heterocycles. The molecule has 0 atom stereocenters. The molecular weight excluding hydrogens is 226 g/mol. The predicted octanol–water partition coefficient (Wildman–Crippen LogP) is -0.637. The van der Waals surface area contributed by atoms with E-state index in [0.29, 0.717) is 0 Å². The SMILES string of the molecule is N#[C][Fe].[Ni].[RbH]. The Morgan fingerprint density at radius 2 is 1.60 bits per heavy atom. The standard InChI is InChI=1S/CN.Fe.Ni.Rb.H/c1-2;;;;. The van der Waals surface area contributed by atoms with Crippen LogP contribution < -0.4 is 0 Å². The van der Waals surface area contributed by atoms with E-state index < -0.39 is 0 Å². The molecule has 0 aromatic carbocycles. The molecule has 0 saturated carbocycles. The van der Waals surface area contributed by atoms with Gasteiger partial charge in [-0.25, -0.2) is 0 Å². The van der Waals surface area contributed by atoms with E-state index in [2.05, 4.69) is 16.0 Å². The van der Waals surface area contributed by atoms with Gasteiger partial charge in [0.05, 0.1) is 0 Å². The molecule has 0 aromatic rings. The molecule has 0 aliphatic carbocycles. The van der Waals surface area contributed by atoms with Crippen LogP contribution in [0.4, 0.5) is 0 Å². The molecule has 0 radical (unpaired) electrons. The Balaban J connectivity index is -0.0000000200. The summed E-state index contributed by atoms with van der Waals surface area (Å²) in [6.45, 7) is 0. The molecule has 0 aromatic heterocycles. The van der Waals surface area contributed by atoms with Gasteiger partial charge in [0.15, 0.2) is 0 Å². The van der Waals surface area contributed by atoms with Gasteiger partial charge in [0.2, 0.25) is 0 Å². The number of nitrogens with zero attached hydrogens (tertiary/aromatic N) is 1. The quantitative estimate of drug-likeness (QED) is 0.505. The fourth-order valence-electron chi connectivity index (χ4n) is 0. The van der Waals surface area contributed by atoms with Crippen LogP contribution in [0.1, 0.15) is 0 Å². The Morgan fingerprint density at radius 1 is 1.60 bits per heavy atom. The normalized spacial score (nSPS) is 1.60. The topological polar surface area (TPSA) is 23.8 Å². The van der Waals surface area contributed by atoms with E-state index in [1.807, 2.05) is 0 Å². The zero-order valence-corrected chi connectivity index (χ0v) is 3.71. The zero-order valence-electron chi connectivity index (χ0n) is 1.62. The van der Waals surface area contributed by atoms with E-state index in [0.717, 1.165) is 0 Å². The van der Waals surface area contributed by atoms with Gasteiger partial charge in [-0.2, -0.15) is 0 Å². The van der Waals surface area contributed by atoms with Crippen molar-refractivity contribution in [3.05, 3.63) is 0 Å². The molecule has 0 unspecified atom stereocenters. The summed E-state index contributed by atoms with van der Waals surface area (Å²) in [6.07, 6.45) is 0. The second-order valence-electron chi connectivity index (χ2n) is 0.0791. The van der Waals surface area contributed by atoms with Crippen LogP contribution in [0.25, 0.3) is 0 Å². The first-order valence-corrected chi connectivity index (χ1v) is 0.952. The molecule has 0 N–H and O–H groups in total. The van der Waals surface area contributed by atoms with E-state index in [1.165, 1.54) is 4.97 Å². The van der Waals surface area contributed by atoms with Gasteiger partial charge in [0, 0.05) is 16.5 Å². The molecule has 0 spiro atoms. The summed E-state index contributed by atoms with van der Waals surface area (Å²) >= 11 is 2.79. The molecule has 1 nitrogen and oxygen atoms in total. The van der Waals surface area contributed by atoms with Crippen LogP contribution in [0, 0.1) is 10.2 Å². The first-order valence-electron chi connectivity index (χ1n) is 0.400. The minimum atomic E-state index is 0. The van der Waals surface area contributed by atoms with Crippen LogP contribution in [0.2, 0.25) is 0 Å². The van der Waals surface area contributed by atoms with Gasteiger partial charge in [-0.15, -0.1) is 0 Å². The summed E-state index contributed by atoms with van der Waals surface area (Å²) in [7, 11) is 0. The third-order valence-corrected chi connectivity index (χ3v) is 0. The summed E-state index contributed by atoms with van der Waals surface area (Å²) in [5, 5.41) is 7.21. The molecule has 0 aliphatic rings. The van der Waals surface area contributed by atoms with Crippen molar-refractivity contribution in [1.29, 1.82) is 5.26 Å². The van der Waals surface area contributed by atoms with Crippen molar-refractivity contribution < 1.29 is 32.5 Å². The molecule has 0 aliphatic heterocycles. The maximum absolute atomic E-state index is 7.21. The average molecular weight is 227 g/mol. The second kappa shape index (κ2) is 16.2. The zero-order chi connectivity index (χ0) is 2.71. The summed E-state index contributed by atoms with van der Waals surface area (Å²) in [5.41, 5.74) is 0. The van der Waals surface area contributed by atoms with Crippen molar-refractivity contribution in [2.75, 3.05) is 0 Å². The first-order chi connectivity index (χ1) is 1.41. The van der Waals surface area contributed by atoms with Gasteiger partial charge >= 0.3 is 84.4 Å². The van der Waals surface area contributed by atoms with Crippen molar-refractivity contribution in [2.45, 2.75) is 0 Å². The summed E-state index contributed by atoms with van der Waals surface area (Å²) in [4.78, 5) is 1.50. The predicted molar refractivity (Wildman–Crippen MR) is 12.8 cm³/mol. The molecule has 5 heavy (non-hydrogen) atoms. The van der Waals surface area contributed by atoms with Crippen LogP contribution in [-0.2, 0) is 32.5 Å². The van der Waals surface area contributed by atoms with Crippen LogP contribution in [-0.4, -0.2) is 58.2 Å². The Kier molecular flexibility index (Phi) is 50.9. The summed E-state index contributed by atoms with van der Waals surface area (Å²) in [5.74, 6) is 0. The third-order valence-electron chi connectivity index (χ3n) is 0. The third kappa shape index (κ3) is 22.0. The Morgan fingerprint density at radius 3 is 1.60 bits per heavy atom. The van der Waals surface area contributed by atoms with E-state index in [9.17, 15) is 0 Å². The molecule has 29 valence electrons. The van der Waals surface area contributed by atoms with Crippen molar-refractivity contribution in [3.8, 4) is 4.97 Å². The van der Waals surface area contributed by atoms with Gasteiger partial charge < -0.3 is 0 Å². The van der Waals surface area contributed by atoms with Crippen molar-refractivity contribution in [2.24, 2.45) is 0 Å². The minimum absolute atomic E-state index is 0. The van der Waals surface area contributed by atoms with Crippen molar-refractivity contribution in [1.82, 2.24) is 0 Å². The van der Waals surface area contributed by atoms with E-state index in [4.69, 9.17) is 5.26 Å². The Labute approximate surface area is 98.4 Å². The molecule has 0 fully saturated rings. The van der Waals surface area contributed by atoms with E-state index in [1.54, 1.807) is 0 Å². The first kappa shape index (κ1) is 15.7. The summed E-state index contributed by atoms with van der Waals surface area (Å²) < 4.78 is 0. The molecule has 4 heteroatoms. The monoisotopic (exact) mass is 226 g/mol. The maximum atomic E-state index is 7.21.